The highest BCUT2D eigenvalue weighted by molar-refractivity contribution is 6.01. The number of nitrogens with one attached hydrogen (secondary N) is 1. The van der Waals surface area contributed by atoms with Gasteiger partial charge in [-0.05, 0) is 60.9 Å². The van der Waals surface area contributed by atoms with E-state index in [0.717, 1.165) is 16.7 Å². The summed E-state index contributed by atoms with van der Waals surface area (Å²) in [5.41, 5.74) is 8.99. The summed E-state index contributed by atoms with van der Waals surface area (Å²) in [5.74, 6) is -1.10. The first-order valence-electron chi connectivity index (χ1n) is 13.0. The van der Waals surface area contributed by atoms with Crippen molar-refractivity contribution in [3.05, 3.63) is 95.1 Å². The molecule has 0 bridgehead atoms. The first kappa shape index (κ1) is 27.7. The molecule has 0 aromatic heterocycles. The number of carbonyl (C=O) groups excluding carboxylic acids is 3. The number of carbonyl (C=O) groups is 3. The summed E-state index contributed by atoms with van der Waals surface area (Å²) in [7, 11) is 3.13. The molecule has 3 N–H and O–H groups in total. The smallest absolute Gasteiger partial charge is 0.318 e. The molecular weight excluding hydrogens is 494 g/mol. The first-order chi connectivity index (χ1) is 18.8. The van der Waals surface area contributed by atoms with E-state index in [-0.39, 0.29) is 5.78 Å². The number of hydrogen-bond acceptors (Lipinski definition) is 5. The monoisotopic (exact) mass is 529 g/mol. The van der Waals surface area contributed by atoms with Gasteiger partial charge in [0.05, 0.1) is 26.2 Å². The maximum absolute atomic E-state index is 14.4. The van der Waals surface area contributed by atoms with Gasteiger partial charge in [0.1, 0.15) is 17.5 Å². The van der Waals surface area contributed by atoms with Gasteiger partial charge in [0.2, 0.25) is 5.91 Å². The van der Waals surface area contributed by atoms with E-state index < -0.39 is 35.9 Å². The molecule has 4 atom stereocenters. The van der Waals surface area contributed by atoms with Crippen LogP contribution in [0.25, 0.3) is 0 Å². The number of ketones is 1. The number of primary amides is 1. The van der Waals surface area contributed by atoms with E-state index in [9.17, 15) is 14.4 Å². The number of aryl methyl sites for hydroxylation is 1. The Morgan fingerprint density at radius 3 is 1.90 bits per heavy atom. The van der Waals surface area contributed by atoms with Crippen molar-refractivity contribution in [2.24, 2.45) is 11.7 Å². The van der Waals surface area contributed by atoms with Crippen LogP contribution in [0, 0.1) is 12.8 Å². The van der Waals surface area contributed by atoms with E-state index in [4.69, 9.17) is 15.2 Å². The van der Waals surface area contributed by atoms with Crippen molar-refractivity contribution < 1.29 is 23.9 Å². The number of methoxy groups -OCH3 is 2. The fourth-order valence-corrected chi connectivity index (χ4v) is 5.40. The molecule has 0 spiro atoms. The second-order valence-electron chi connectivity index (χ2n) is 9.76. The average molecular weight is 530 g/mol. The summed E-state index contributed by atoms with van der Waals surface area (Å²) in [6.45, 7) is 4.34. The van der Waals surface area contributed by atoms with Crippen LogP contribution in [0.3, 0.4) is 0 Å². The van der Waals surface area contributed by atoms with Gasteiger partial charge < -0.3 is 25.4 Å². The summed E-state index contributed by atoms with van der Waals surface area (Å²) in [5, 5.41) is 2.91. The molecule has 3 aromatic rings. The Labute approximate surface area is 229 Å². The number of rotatable bonds is 9. The summed E-state index contributed by atoms with van der Waals surface area (Å²) in [4.78, 5) is 42.7. The molecule has 0 saturated carbocycles. The first-order valence-corrected chi connectivity index (χ1v) is 13.0. The van der Waals surface area contributed by atoms with E-state index in [2.05, 4.69) is 5.32 Å². The lowest BCUT2D eigenvalue weighted by Crippen LogP contribution is -2.50. The van der Waals surface area contributed by atoms with Crippen molar-refractivity contribution in [2.45, 2.75) is 38.3 Å². The third-order valence-electron chi connectivity index (χ3n) is 7.32. The molecule has 39 heavy (non-hydrogen) atoms. The molecule has 1 aliphatic heterocycles. The van der Waals surface area contributed by atoms with Crippen molar-refractivity contribution in [3.63, 3.8) is 0 Å². The fraction of sp³-hybridized carbons (Fsp3) is 0.323. The number of hydrogen-bond donors (Lipinski definition) is 2. The van der Waals surface area contributed by atoms with Crippen molar-refractivity contribution in [2.75, 3.05) is 20.8 Å². The summed E-state index contributed by atoms with van der Waals surface area (Å²) in [6.07, 6.45) is 0.714. The van der Waals surface area contributed by atoms with Crippen LogP contribution in [0.1, 0.15) is 52.4 Å². The lowest BCUT2D eigenvalue weighted by molar-refractivity contribution is -0.122. The van der Waals surface area contributed by atoms with Gasteiger partial charge in [0.25, 0.3) is 0 Å². The molecule has 204 valence electrons. The van der Waals surface area contributed by atoms with Gasteiger partial charge in [-0.1, -0.05) is 48.9 Å². The van der Waals surface area contributed by atoms with Crippen molar-refractivity contribution in [1.82, 2.24) is 10.2 Å². The summed E-state index contributed by atoms with van der Waals surface area (Å²) < 4.78 is 10.6. The van der Waals surface area contributed by atoms with Gasteiger partial charge in [0, 0.05) is 18.0 Å². The Kier molecular flexibility index (Phi) is 8.54. The van der Waals surface area contributed by atoms with Crippen LogP contribution in [0.2, 0.25) is 0 Å². The van der Waals surface area contributed by atoms with E-state index >= 15 is 0 Å². The van der Waals surface area contributed by atoms with E-state index in [0.29, 0.717) is 30.0 Å². The second-order valence-corrected chi connectivity index (χ2v) is 9.76. The summed E-state index contributed by atoms with van der Waals surface area (Å²) in [6, 6.07) is 19.5. The third-order valence-corrected chi connectivity index (χ3v) is 7.32. The minimum Gasteiger partial charge on any atom is -0.497 e. The molecular formula is C31H35N3O5. The molecule has 1 saturated heterocycles. The topological polar surface area (TPSA) is 111 Å². The molecule has 1 fully saturated rings. The lowest BCUT2D eigenvalue weighted by Gasteiger charge is -2.31. The molecule has 8 nitrogen and oxygen atoms in total. The van der Waals surface area contributed by atoms with Crippen LogP contribution < -0.4 is 20.5 Å². The molecule has 3 amide bonds. The number of nitrogens with zero attached hydrogens (tertiary/aromatic N) is 1. The van der Waals surface area contributed by atoms with Crippen molar-refractivity contribution in [1.29, 1.82) is 0 Å². The Balaban J connectivity index is 1.95. The standard InChI is InChI=1S/C31H35N3O5/c1-5-18-33-31(37)34-27(21-8-6-19(2)7-9-21)26(29(35)22-12-16-24(39-4)17-13-22)25(28(34)30(32)36)20-10-14-23(38-3)15-11-20/h6-17,25-28H,5,18H2,1-4H3,(H2,32,36)(H,33,37). The number of urea groups is 1. The molecule has 1 heterocycles. The molecule has 0 aliphatic carbocycles. The maximum atomic E-state index is 14.4. The Bertz CT molecular complexity index is 1310. The highest BCUT2D eigenvalue weighted by Crippen LogP contribution is 2.51. The number of benzene rings is 3. The molecule has 8 heteroatoms. The number of amides is 3. The fourth-order valence-electron chi connectivity index (χ4n) is 5.40. The predicted molar refractivity (Wildman–Crippen MR) is 149 cm³/mol. The Morgan fingerprint density at radius 2 is 1.38 bits per heavy atom. The number of Topliss-reactive ketones (excluding diaryl/α,β-unsaturated/α-hetero) is 1. The SMILES string of the molecule is CCCNC(=O)N1C(C(N)=O)C(c2ccc(OC)cc2)C(C(=O)c2ccc(OC)cc2)C1c1ccc(C)cc1. The summed E-state index contributed by atoms with van der Waals surface area (Å²) >= 11 is 0. The average Bonchev–Trinajstić information content (AvgIpc) is 3.32. The molecule has 3 aromatic carbocycles. The number of ether oxygens (including phenoxy) is 2. The number of likely N-dealkylation sites (tertiary alicyclic amines) is 1. The molecule has 4 rings (SSSR count). The molecule has 0 radical (unpaired) electrons. The zero-order valence-corrected chi connectivity index (χ0v) is 22.7. The van der Waals surface area contributed by atoms with Crippen LogP contribution in [0.5, 0.6) is 11.5 Å². The van der Waals surface area contributed by atoms with Crippen LogP contribution in [-0.4, -0.2) is 49.4 Å². The van der Waals surface area contributed by atoms with Gasteiger partial charge in [-0.3, -0.25) is 9.59 Å². The molecule has 4 unspecified atom stereocenters. The Hall–Kier alpha value is -4.33. The zero-order valence-electron chi connectivity index (χ0n) is 22.7. The highest BCUT2D eigenvalue weighted by Gasteiger charge is 2.57. The minimum absolute atomic E-state index is 0.193. The Morgan fingerprint density at radius 1 is 0.846 bits per heavy atom. The predicted octanol–water partition coefficient (Wildman–Crippen LogP) is 4.63. The molecule has 1 aliphatic rings. The largest absolute Gasteiger partial charge is 0.497 e. The van der Waals surface area contributed by atoms with E-state index in [1.54, 1.807) is 50.6 Å². The van der Waals surface area contributed by atoms with E-state index in [1.165, 1.54) is 4.90 Å². The van der Waals surface area contributed by atoms with Gasteiger partial charge in [-0.2, -0.15) is 0 Å². The van der Waals surface area contributed by atoms with Gasteiger partial charge in [0.15, 0.2) is 5.78 Å². The minimum atomic E-state index is -1.06. The van der Waals surface area contributed by atoms with E-state index in [1.807, 2.05) is 50.2 Å². The highest BCUT2D eigenvalue weighted by atomic mass is 16.5. The van der Waals surface area contributed by atoms with Crippen LogP contribution in [0.4, 0.5) is 4.79 Å². The normalized spacial score (nSPS) is 20.4. The number of nitrogens with two attached hydrogens (primary N) is 1. The second kappa shape index (κ2) is 12.0. The van der Waals surface area contributed by atoms with Crippen molar-refractivity contribution in [3.8, 4) is 11.5 Å². The van der Waals surface area contributed by atoms with Crippen LogP contribution >= 0.6 is 0 Å². The zero-order chi connectivity index (χ0) is 28.1. The quantitative estimate of drug-likeness (QED) is 0.393. The van der Waals surface area contributed by atoms with Crippen LogP contribution in [0.15, 0.2) is 72.8 Å². The van der Waals surface area contributed by atoms with Gasteiger partial charge >= 0.3 is 6.03 Å². The van der Waals surface area contributed by atoms with Gasteiger partial charge in [-0.25, -0.2) is 4.79 Å². The van der Waals surface area contributed by atoms with Crippen molar-refractivity contribution >= 4 is 17.7 Å². The third kappa shape index (κ3) is 5.60. The maximum Gasteiger partial charge on any atom is 0.318 e. The van der Waals surface area contributed by atoms with Gasteiger partial charge in [-0.15, -0.1) is 0 Å². The lowest BCUT2D eigenvalue weighted by atomic mass is 9.76. The van der Waals surface area contributed by atoms with Crippen LogP contribution in [-0.2, 0) is 4.79 Å².